The standard InChI is InChI=1S/C14H19Cl2NO3/c1-14(2,3)20-8-13(19)17-7-12(18)10-5-4-9(15)6-11(10)16/h4-6,12,18H,7-8H2,1-3H3,(H,17,19). The van der Waals surface area contributed by atoms with E-state index in [9.17, 15) is 9.90 Å². The first-order valence-electron chi connectivity index (χ1n) is 6.23. The summed E-state index contributed by atoms with van der Waals surface area (Å²) in [7, 11) is 0. The molecule has 1 rings (SSSR count). The molecule has 0 radical (unpaired) electrons. The number of benzene rings is 1. The zero-order valence-electron chi connectivity index (χ0n) is 11.7. The molecule has 1 atom stereocenters. The lowest BCUT2D eigenvalue weighted by atomic mass is 10.1. The second kappa shape index (κ2) is 7.27. The van der Waals surface area contributed by atoms with Gasteiger partial charge in [0.2, 0.25) is 5.91 Å². The molecule has 0 aromatic heterocycles. The molecule has 0 bridgehead atoms. The van der Waals surface area contributed by atoms with E-state index in [-0.39, 0.29) is 24.7 Å². The van der Waals surface area contributed by atoms with Crippen LogP contribution in [0, 0.1) is 0 Å². The molecule has 0 aliphatic rings. The van der Waals surface area contributed by atoms with Crippen LogP contribution in [0.4, 0.5) is 0 Å². The summed E-state index contributed by atoms with van der Waals surface area (Å²) < 4.78 is 5.33. The van der Waals surface area contributed by atoms with Crippen LogP contribution in [-0.2, 0) is 9.53 Å². The third-order valence-electron chi connectivity index (χ3n) is 2.45. The molecule has 1 aromatic carbocycles. The Morgan fingerprint density at radius 2 is 2.05 bits per heavy atom. The number of rotatable bonds is 5. The van der Waals surface area contributed by atoms with E-state index in [0.29, 0.717) is 15.6 Å². The van der Waals surface area contributed by atoms with E-state index >= 15 is 0 Å². The smallest absolute Gasteiger partial charge is 0.246 e. The highest BCUT2D eigenvalue weighted by molar-refractivity contribution is 6.35. The summed E-state index contributed by atoms with van der Waals surface area (Å²) in [5, 5.41) is 13.4. The second-order valence-corrected chi connectivity index (χ2v) is 6.23. The molecule has 1 aromatic rings. The normalized spacial score (nSPS) is 13.1. The Hall–Kier alpha value is -0.810. The second-order valence-electron chi connectivity index (χ2n) is 5.39. The summed E-state index contributed by atoms with van der Waals surface area (Å²) >= 11 is 11.8. The highest BCUT2D eigenvalue weighted by atomic mass is 35.5. The summed E-state index contributed by atoms with van der Waals surface area (Å²) in [5.41, 5.74) is 0.142. The minimum absolute atomic E-state index is 0.0510. The van der Waals surface area contributed by atoms with Crippen molar-refractivity contribution in [2.75, 3.05) is 13.2 Å². The number of halogens is 2. The number of aliphatic hydroxyl groups excluding tert-OH is 1. The van der Waals surface area contributed by atoms with Crippen LogP contribution in [-0.4, -0.2) is 29.8 Å². The fourth-order valence-electron chi connectivity index (χ4n) is 1.43. The van der Waals surface area contributed by atoms with Crippen LogP contribution >= 0.6 is 23.2 Å². The number of nitrogens with one attached hydrogen (secondary N) is 1. The van der Waals surface area contributed by atoms with Crippen LogP contribution in [0.5, 0.6) is 0 Å². The lowest BCUT2D eigenvalue weighted by molar-refractivity contribution is -0.131. The largest absolute Gasteiger partial charge is 0.387 e. The van der Waals surface area contributed by atoms with E-state index in [1.54, 1.807) is 18.2 Å². The first-order chi connectivity index (χ1) is 9.19. The van der Waals surface area contributed by atoms with E-state index in [1.165, 1.54) is 0 Å². The molecule has 0 aliphatic carbocycles. The van der Waals surface area contributed by atoms with Gasteiger partial charge in [0.25, 0.3) is 0 Å². The van der Waals surface area contributed by atoms with Gasteiger partial charge in [0.15, 0.2) is 0 Å². The van der Waals surface area contributed by atoms with Crippen molar-refractivity contribution in [2.24, 2.45) is 0 Å². The number of carbonyl (C=O) groups excluding carboxylic acids is 1. The monoisotopic (exact) mass is 319 g/mol. The Balaban J connectivity index is 2.47. The molecule has 6 heteroatoms. The van der Waals surface area contributed by atoms with Gasteiger partial charge in [0.05, 0.1) is 11.7 Å². The van der Waals surface area contributed by atoms with Crippen molar-refractivity contribution in [3.63, 3.8) is 0 Å². The third-order valence-corrected chi connectivity index (χ3v) is 3.01. The molecule has 0 heterocycles. The van der Waals surface area contributed by atoms with Gasteiger partial charge in [-0.2, -0.15) is 0 Å². The van der Waals surface area contributed by atoms with Crippen molar-refractivity contribution < 1.29 is 14.6 Å². The van der Waals surface area contributed by atoms with Gasteiger partial charge in [-0.1, -0.05) is 29.3 Å². The highest BCUT2D eigenvalue weighted by Crippen LogP contribution is 2.25. The fourth-order valence-corrected chi connectivity index (χ4v) is 1.96. The van der Waals surface area contributed by atoms with Crippen LogP contribution in [0.1, 0.15) is 32.4 Å². The van der Waals surface area contributed by atoms with E-state index in [4.69, 9.17) is 27.9 Å². The van der Waals surface area contributed by atoms with Crippen LogP contribution in [0.3, 0.4) is 0 Å². The summed E-state index contributed by atoms with van der Waals surface area (Å²) in [5.74, 6) is -0.288. The molecule has 0 saturated heterocycles. The van der Waals surface area contributed by atoms with Gasteiger partial charge in [0, 0.05) is 22.2 Å². The molecule has 4 nitrogen and oxygen atoms in total. The maximum Gasteiger partial charge on any atom is 0.246 e. The number of aliphatic hydroxyl groups is 1. The van der Waals surface area contributed by atoms with Crippen molar-refractivity contribution in [1.29, 1.82) is 0 Å². The van der Waals surface area contributed by atoms with Gasteiger partial charge in [0.1, 0.15) is 6.61 Å². The topological polar surface area (TPSA) is 58.6 Å². The van der Waals surface area contributed by atoms with Crippen molar-refractivity contribution in [2.45, 2.75) is 32.5 Å². The fraction of sp³-hybridized carbons (Fsp3) is 0.500. The molecule has 112 valence electrons. The number of amides is 1. The van der Waals surface area contributed by atoms with Crippen LogP contribution in [0.15, 0.2) is 18.2 Å². The zero-order valence-corrected chi connectivity index (χ0v) is 13.3. The quantitative estimate of drug-likeness (QED) is 0.877. The minimum atomic E-state index is -0.890. The number of hydrogen-bond donors (Lipinski definition) is 2. The van der Waals surface area contributed by atoms with Gasteiger partial charge in [-0.15, -0.1) is 0 Å². The summed E-state index contributed by atoms with van der Waals surface area (Å²) in [6.07, 6.45) is -0.890. The number of ether oxygens (including phenoxy) is 1. The summed E-state index contributed by atoms with van der Waals surface area (Å²) in [6.45, 7) is 5.60. The third kappa shape index (κ3) is 6.09. The molecule has 2 N–H and O–H groups in total. The molecule has 1 amide bonds. The van der Waals surface area contributed by atoms with Gasteiger partial charge in [-0.25, -0.2) is 0 Å². The Bertz CT molecular complexity index is 472. The molecular weight excluding hydrogens is 301 g/mol. The molecule has 1 unspecified atom stereocenters. The average molecular weight is 320 g/mol. The molecule has 0 saturated carbocycles. The van der Waals surface area contributed by atoms with E-state index in [2.05, 4.69) is 5.32 Å². The Morgan fingerprint density at radius 3 is 2.60 bits per heavy atom. The maximum atomic E-state index is 11.6. The predicted octanol–water partition coefficient (Wildman–Crippen LogP) is 2.96. The molecular formula is C14H19Cl2NO3. The lowest BCUT2D eigenvalue weighted by Crippen LogP contribution is -2.34. The molecule has 0 aliphatic heterocycles. The first kappa shape index (κ1) is 17.2. The Labute approximate surface area is 129 Å². The number of hydrogen-bond acceptors (Lipinski definition) is 3. The van der Waals surface area contributed by atoms with Gasteiger partial charge in [-0.05, 0) is 32.9 Å². The molecule has 20 heavy (non-hydrogen) atoms. The molecule has 0 fully saturated rings. The highest BCUT2D eigenvalue weighted by Gasteiger charge is 2.15. The van der Waals surface area contributed by atoms with Crippen LogP contribution < -0.4 is 5.32 Å². The van der Waals surface area contributed by atoms with Crippen molar-refractivity contribution >= 4 is 29.1 Å². The van der Waals surface area contributed by atoms with Crippen molar-refractivity contribution in [3.8, 4) is 0 Å². The maximum absolute atomic E-state index is 11.6. The van der Waals surface area contributed by atoms with E-state index in [0.717, 1.165) is 0 Å². The van der Waals surface area contributed by atoms with Gasteiger partial charge >= 0.3 is 0 Å². The SMILES string of the molecule is CC(C)(C)OCC(=O)NCC(O)c1ccc(Cl)cc1Cl. The first-order valence-corrected chi connectivity index (χ1v) is 6.98. The number of carbonyl (C=O) groups is 1. The van der Waals surface area contributed by atoms with Gasteiger partial charge < -0.3 is 15.2 Å². The minimum Gasteiger partial charge on any atom is -0.387 e. The molecule has 0 spiro atoms. The lowest BCUT2D eigenvalue weighted by Gasteiger charge is -2.19. The summed E-state index contributed by atoms with van der Waals surface area (Å²) in [6, 6.07) is 4.82. The Kier molecular flexibility index (Phi) is 6.27. The van der Waals surface area contributed by atoms with Crippen molar-refractivity contribution in [3.05, 3.63) is 33.8 Å². The van der Waals surface area contributed by atoms with E-state index < -0.39 is 6.10 Å². The van der Waals surface area contributed by atoms with Crippen LogP contribution in [0.2, 0.25) is 10.0 Å². The van der Waals surface area contributed by atoms with E-state index in [1.807, 2.05) is 20.8 Å². The average Bonchev–Trinajstić information content (AvgIpc) is 2.32. The van der Waals surface area contributed by atoms with Crippen LogP contribution in [0.25, 0.3) is 0 Å². The Morgan fingerprint density at radius 1 is 1.40 bits per heavy atom. The van der Waals surface area contributed by atoms with Crippen molar-refractivity contribution in [1.82, 2.24) is 5.32 Å². The van der Waals surface area contributed by atoms with Gasteiger partial charge in [-0.3, -0.25) is 4.79 Å². The predicted molar refractivity (Wildman–Crippen MR) is 80.1 cm³/mol. The zero-order chi connectivity index (χ0) is 15.3. The summed E-state index contributed by atoms with van der Waals surface area (Å²) in [4.78, 5) is 11.6.